The SMILES string of the molecule is Cc1cc(O[C@H](C)C(=O)N[C@H](C)CCc2ccccc2)cc(C)c1Cl. The van der Waals surface area contributed by atoms with Crippen LogP contribution in [0.5, 0.6) is 5.75 Å². The summed E-state index contributed by atoms with van der Waals surface area (Å²) in [6, 6.07) is 14.1. The van der Waals surface area contributed by atoms with Gasteiger partial charge in [-0.15, -0.1) is 0 Å². The Morgan fingerprint density at radius 3 is 2.32 bits per heavy atom. The molecule has 0 aliphatic carbocycles. The highest BCUT2D eigenvalue weighted by Gasteiger charge is 2.17. The Balaban J connectivity index is 1.85. The van der Waals surface area contributed by atoms with Crippen molar-refractivity contribution in [3.05, 3.63) is 64.2 Å². The van der Waals surface area contributed by atoms with Crippen molar-refractivity contribution in [1.82, 2.24) is 5.32 Å². The van der Waals surface area contributed by atoms with Crippen LogP contribution in [0.3, 0.4) is 0 Å². The lowest BCUT2D eigenvalue weighted by Crippen LogP contribution is -2.41. The molecule has 0 saturated heterocycles. The molecule has 0 aliphatic rings. The van der Waals surface area contributed by atoms with E-state index in [2.05, 4.69) is 17.4 Å². The first-order chi connectivity index (χ1) is 11.9. The molecule has 134 valence electrons. The third-order valence-corrected chi connectivity index (χ3v) is 4.79. The Labute approximate surface area is 155 Å². The minimum atomic E-state index is -0.556. The Morgan fingerprint density at radius 1 is 1.12 bits per heavy atom. The number of benzene rings is 2. The van der Waals surface area contributed by atoms with Gasteiger partial charge in [0.2, 0.25) is 0 Å². The molecule has 4 heteroatoms. The van der Waals surface area contributed by atoms with Gasteiger partial charge in [-0.05, 0) is 69.4 Å². The molecule has 0 unspecified atom stereocenters. The first kappa shape index (κ1) is 19.3. The van der Waals surface area contributed by atoms with E-state index in [1.54, 1.807) is 6.92 Å². The van der Waals surface area contributed by atoms with Gasteiger partial charge >= 0.3 is 0 Å². The maximum absolute atomic E-state index is 12.3. The van der Waals surface area contributed by atoms with E-state index in [0.717, 1.165) is 29.0 Å². The van der Waals surface area contributed by atoms with Gasteiger partial charge in [0, 0.05) is 11.1 Å². The van der Waals surface area contributed by atoms with Crippen molar-refractivity contribution in [2.24, 2.45) is 0 Å². The molecular formula is C21H26ClNO2. The molecular weight excluding hydrogens is 334 g/mol. The second-order valence-electron chi connectivity index (χ2n) is 6.57. The summed E-state index contributed by atoms with van der Waals surface area (Å²) in [6.07, 6.45) is 1.27. The summed E-state index contributed by atoms with van der Waals surface area (Å²) in [5.74, 6) is 0.560. The standard InChI is InChI=1S/C21H26ClNO2/c1-14-12-19(13-15(2)20(14)22)25-17(4)21(24)23-16(3)10-11-18-8-6-5-7-9-18/h5-9,12-13,16-17H,10-11H2,1-4H3,(H,23,24)/t16-,17-/m1/s1. The quantitative estimate of drug-likeness (QED) is 0.766. The van der Waals surface area contributed by atoms with Crippen LogP contribution in [0.15, 0.2) is 42.5 Å². The van der Waals surface area contributed by atoms with E-state index in [-0.39, 0.29) is 11.9 Å². The van der Waals surface area contributed by atoms with Gasteiger partial charge < -0.3 is 10.1 Å². The van der Waals surface area contributed by atoms with Crippen LogP contribution < -0.4 is 10.1 Å². The Bertz CT molecular complexity index is 692. The number of carbonyl (C=O) groups excluding carboxylic acids is 1. The summed E-state index contributed by atoms with van der Waals surface area (Å²) < 4.78 is 5.79. The molecule has 2 aromatic rings. The third-order valence-electron chi connectivity index (χ3n) is 4.19. The average Bonchev–Trinajstić information content (AvgIpc) is 2.58. The molecule has 0 fully saturated rings. The molecule has 1 N–H and O–H groups in total. The van der Waals surface area contributed by atoms with Gasteiger partial charge in [-0.25, -0.2) is 0 Å². The minimum Gasteiger partial charge on any atom is -0.481 e. The molecule has 0 aromatic heterocycles. The number of ether oxygens (including phenoxy) is 1. The van der Waals surface area contributed by atoms with Gasteiger partial charge in [0.1, 0.15) is 5.75 Å². The maximum atomic E-state index is 12.3. The van der Waals surface area contributed by atoms with Gasteiger partial charge in [0.05, 0.1) is 0 Å². The normalized spacial score (nSPS) is 13.2. The first-order valence-corrected chi connectivity index (χ1v) is 9.02. The largest absolute Gasteiger partial charge is 0.481 e. The Kier molecular flexibility index (Phi) is 6.89. The number of hydrogen-bond donors (Lipinski definition) is 1. The van der Waals surface area contributed by atoms with Crippen molar-refractivity contribution in [2.75, 3.05) is 0 Å². The zero-order chi connectivity index (χ0) is 18.4. The maximum Gasteiger partial charge on any atom is 0.260 e. The number of aryl methyl sites for hydroxylation is 3. The van der Waals surface area contributed by atoms with E-state index in [9.17, 15) is 4.79 Å². The summed E-state index contributed by atoms with van der Waals surface area (Å²) in [5, 5.41) is 3.76. The highest BCUT2D eigenvalue weighted by atomic mass is 35.5. The van der Waals surface area contributed by atoms with E-state index in [1.165, 1.54) is 5.56 Å². The monoisotopic (exact) mass is 359 g/mol. The highest BCUT2D eigenvalue weighted by Crippen LogP contribution is 2.26. The van der Waals surface area contributed by atoms with Crippen LogP contribution in [0.25, 0.3) is 0 Å². The topological polar surface area (TPSA) is 38.3 Å². The highest BCUT2D eigenvalue weighted by molar-refractivity contribution is 6.32. The van der Waals surface area contributed by atoms with Crippen molar-refractivity contribution in [3.63, 3.8) is 0 Å². The lowest BCUT2D eigenvalue weighted by molar-refractivity contribution is -0.127. The molecule has 0 aliphatic heterocycles. The number of amides is 1. The number of hydrogen-bond acceptors (Lipinski definition) is 2. The second-order valence-corrected chi connectivity index (χ2v) is 6.94. The number of rotatable bonds is 7. The minimum absolute atomic E-state index is 0.0902. The van der Waals surface area contributed by atoms with Crippen molar-refractivity contribution in [1.29, 1.82) is 0 Å². The van der Waals surface area contributed by atoms with Gasteiger partial charge in [-0.1, -0.05) is 41.9 Å². The fourth-order valence-corrected chi connectivity index (χ4v) is 2.80. The van der Waals surface area contributed by atoms with E-state index in [0.29, 0.717) is 5.75 Å². The summed E-state index contributed by atoms with van der Waals surface area (Å²) >= 11 is 6.17. The average molecular weight is 360 g/mol. The molecule has 0 spiro atoms. The molecule has 3 nitrogen and oxygen atoms in total. The van der Waals surface area contributed by atoms with Crippen molar-refractivity contribution in [2.45, 2.75) is 52.7 Å². The molecule has 2 rings (SSSR count). The van der Waals surface area contributed by atoms with Crippen LogP contribution >= 0.6 is 11.6 Å². The van der Waals surface area contributed by atoms with Crippen LogP contribution in [-0.2, 0) is 11.2 Å². The third kappa shape index (κ3) is 5.79. The van der Waals surface area contributed by atoms with Crippen LogP contribution in [-0.4, -0.2) is 18.1 Å². The molecule has 1 amide bonds. The van der Waals surface area contributed by atoms with Crippen LogP contribution in [0.2, 0.25) is 5.02 Å². The number of carbonyl (C=O) groups is 1. The van der Waals surface area contributed by atoms with E-state index in [4.69, 9.17) is 16.3 Å². The first-order valence-electron chi connectivity index (χ1n) is 8.64. The lowest BCUT2D eigenvalue weighted by Gasteiger charge is -2.19. The van der Waals surface area contributed by atoms with E-state index < -0.39 is 6.10 Å². The van der Waals surface area contributed by atoms with Gasteiger partial charge in [-0.2, -0.15) is 0 Å². The Hall–Kier alpha value is -2.00. The number of halogens is 1. The van der Waals surface area contributed by atoms with E-state index >= 15 is 0 Å². The molecule has 2 atom stereocenters. The predicted molar refractivity (Wildman–Crippen MR) is 103 cm³/mol. The summed E-state index contributed by atoms with van der Waals surface area (Å²) in [6.45, 7) is 7.64. The number of nitrogens with one attached hydrogen (secondary N) is 1. The molecule has 0 saturated carbocycles. The molecule has 2 aromatic carbocycles. The smallest absolute Gasteiger partial charge is 0.260 e. The van der Waals surface area contributed by atoms with Gasteiger partial charge in [0.15, 0.2) is 6.10 Å². The van der Waals surface area contributed by atoms with Crippen molar-refractivity contribution in [3.8, 4) is 5.75 Å². The van der Waals surface area contributed by atoms with Gasteiger partial charge in [-0.3, -0.25) is 4.79 Å². The Morgan fingerprint density at radius 2 is 1.72 bits per heavy atom. The van der Waals surface area contributed by atoms with Crippen LogP contribution in [0.1, 0.15) is 37.0 Å². The summed E-state index contributed by atoms with van der Waals surface area (Å²) in [7, 11) is 0. The lowest BCUT2D eigenvalue weighted by atomic mass is 10.1. The fraction of sp³-hybridized carbons (Fsp3) is 0.381. The summed E-state index contributed by atoms with van der Waals surface area (Å²) in [4.78, 5) is 12.3. The van der Waals surface area contributed by atoms with Crippen molar-refractivity contribution >= 4 is 17.5 Å². The van der Waals surface area contributed by atoms with Gasteiger partial charge in [0.25, 0.3) is 5.91 Å². The molecule has 25 heavy (non-hydrogen) atoms. The van der Waals surface area contributed by atoms with E-state index in [1.807, 2.05) is 51.1 Å². The summed E-state index contributed by atoms with van der Waals surface area (Å²) in [5.41, 5.74) is 3.17. The van der Waals surface area contributed by atoms with Crippen molar-refractivity contribution < 1.29 is 9.53 Å². The van der Waals surface area contributed by atoms with Crippen LogP contribution in [0, 0.1) is 13.8 Å². The zero-order valence-corrected chi connectivity index (χ0v) is 16.1. The molecule has 0 heterocycles. The molecule has 0 radical (unpaired) electrons. The predicted octanol–water partition coefficient (Wildman–Crippen LogP) is 4.86. The van der Waals surface area contributed by atoms with Crippen LogP contribution in [0.4, 0.5) is 0 Å². The zero-order valence-electron chi connectivity index (χ0n) is 15.3. The fourth-order valence-electron chi connectivity index (χ4n) is 2.69. The molecule has 0 bridgehead atoms. The second kappa shape index (κ2) is 8.91.